The number of hydrogen-bond donors (Lipinski definition) is 1. The van der Waals surface area contributed by atoms with Crippen molar-refractivity contribution in [3.63, 3.8) is 0 Å². The highest BCUT2D eigenvalue weighted by molar-refractivity contribution is 7.13. The zero-order valence-electron chi connectivity index (χ0n) is 13.1. The van der Waals surface area contributed by atoms with E-state index in [4.69, 9.17) is 16.1 Å². The average Bonchev–Trinajstić information content (AvgIpc) is 3.32. The van der Waals surface area contributed by atoms with Crippen molar-refractivity contribution in [2.45, 2.75) is 6.54 Å². The fourth-order valence-electron chi connectivity index (χ4n) is 2.49. The van der Waals surface area contributed by atoms with Crippen molar-refractivity contribution in [2.75, 3.05) is 5.32 Å². The van der Waals surface area contributed by atoms with Crippen molar-refractivity contribution in [3.05, 3.63) is 77.0 Å². The van der Waals surface area contributed by atoms with Crippen LogP contribution in [0.15, 0.2) is 70.6 Å². The number of nitrogens with zero attached hydrogens (tertiary/aromatic N) is 2. The van der Waals surface area contributed by atoms with Crippen molar-refractivity contribution in [2.24, 2.45) is 0 Å². The van der Waals surface area contributed by atoms with Gasteiger partial charge in [0.1, 0.15) is 0 Å². The molecule has 0 fully saturated rings. The van der Waals surface area contributed by atoms with E-state index in [0.29, 0.717) is 18.3 Å². The molecule has 0 bridgehead atoms. The molecule has 2 aromatic carbocycles. The lowest BCUT2D eigenvalue weighted by molar-refractivity contribution is 0.384. The van der Waals surface area contributed by atoms with Crippen LogP contribution in [0.25, 0.3) is 21.8 Å². The van der Waals surface area contributed by atoms with Gasteiger partial charge in [-0.05, 0) is 46.8 Å². The van der Waals surface area contributed by atoms with Crippen LogP contribution in [-0.2, 0) is 6.54 Å². The first kappa shape index (κ1) is 15.9. The standard InChI is InChI=1S/C19H14ClN3OS/c20-15-6-1-4-13(10-15)14-5-2-7-16(11-14)21-12-18-22-19(23-24-18)17-8-3-9-25-17/h1-11,21H,12H2. The van der Waals surface area contributed by atoms with Crippen molar-refractivity contribution in [3.8, 4) is 21.8 Å². The molecule has 0 amide bonds. The van der Waals surface area contributed by atoms with Gasteiger partial charge in [0.15, 0.2) is 0 Å². The fraction of sp³-hybridized carbons (Fsp3) is 0.0526. The second kappa shape index (κ2) is 7.09. The monoisotopic (exact) mass is 367 g/mol. The molecule has 0 unspecified atom stereocenters. The lowest BCUT2D eigenvalue weighted by Gasteiger charge is -2.07. The van der Waals surface area contributed by atoms with E-state index in [0.717, 1.165) is 26.7 Å². The highest BCUT2D eigenvalue weighted by atomic mass is 35.5. The van der Waals surface area contributed by atoms with E-state index >= 15 is 0 Å². The molecule has 25 heavy (non-hydrogen) atoms. The van der Waals surface area contributed by atoms with E-state index in [2.05, 4.69) is 27.6 Å². The van der Waals surface area contributed by atoms with Gasteiger partial charge >= 0.3 is 0 Å². The quantitative estimate of drug-likeness (QED) is 0.489. The number of benzene rings is 2. The normalized spacial score (nSPS) is 10.8. The topological polar surface area (TPSA) is 51.0 Å². The zero-order valence-corrected chi connectivity index (χ0v) is 14.7. The maximum atomic E-state index is 6.08. The lowest BCUT2D eigenvalue weighted by atomic mass is 10.1. The largest absolute Gasteiger partial charge is 0.376 e. The van der Waals surface area contributed by atoms with Gasteiger partial charge in [-0.3, -0.25) is 0 Å². The van der Waals surface area contributed by atoms with Gasteiger partial charge in [-0.1, -0.05) is 47.1 Å². The van der Waals surface area contributed by atoms with Crippen LogP contribution >= 0.6 is 22.9 Å². The molecule has 0 saturated heterocycles. The summed E-state index contributed by atoms with van der Waals surface area (Å²) >= 11 is 7.67. The Morgan fingerprint density at radius 3 is 2.64 bits per heavy atom. The molecule has 0 radical (unpaired) electrons. The van der Waals surface area contributed by atoms with Crippen molar-refractivity contribution in [1.29, 1.82) is 0 Å². The molecule has 4 nitrogen and oxygen atoms in total. The maximum Gasteiger partial charge on any atom is 0.246 e. The maximum absolute atomic E-state index is 6.08. The van der Waals surface area contributed by atoms with E-state index in [1.807, 2.05) is 53.9 Å². The van der Waals surface area contributed by atoms with Crippen LogP contribution < -0.4 is 5.32 Å². The minimum atomic E-state index is 0.470. The Labute approximate surface area is 154 Å². The zero-order chi connectivity index (χ0) is 17.1. The first-order valence-electron chi connectivity index (χ1n) is 7.74. The van der Waals surface area contributed by atoms with E-state index in [9.17, 15) is 0 Å². The average molecular weight is 368 g/mol. The van der Waals surface area contributed by atoms with Crippen LogP contribution in [-0.4, -0.2) is 10.1 Å². The van der Waals surface area contributed by atoms with E-state index in [-0.39, 0.29) is 0 Å². The molecule has 124 valence electrons. The number of rotatable bonds is 5. The SMILES string of the molecule is Clc1cccc(-c2cccc(NCc3nc(-c4cccs4)no3)c2)c1. The van der Waals surface area contributed by atoms with Gasteiger partial charge in [0.05, 0.1) is 11.4 Å². The number of aromatic nitrogens is 2. The minimum Gasteiger partial charge on any atom is -0.376 e. The van der Waals surface area contributed by atoms with Crippen LogP contribution in [0.5, 0.6) is 0 Å². The molecule has 0 aliphatic rings. The molecule has 4 aromatic rings. The second-order valence-corrected chi connectivity index (χ2v) is 6.82. The molecule has 0 saturated carbocycles. The summed E-state index contributed by atoms with van der Waals surface area (Å²) in [4.78, 5) is 5.41. The molecule has 0 atom stereocenters. The Hall–Kier alpha value is -2.63. The highest BCUT2D eigenvalue weighted by Gasteiger charge is 2.09. The third kappa shape index (κ3) is 3.73. The number of halogens is 1. The van der Waals surface area contributed by atoms with Crippen LogP contribution in [0, 0.1) is 0 Å². The van der Waals surface area contributed by atoms with Gasteiger partial charge in [0.2, 0.25) is 11.7 Å². The number of nitrogens with one attached hydrogen (secondary N) is 1. The van der Waals surface area contributed by atoms with Crippen LogP contribution in [0.2, 0.25) is 5.02 Å². The Morgan fingerprint density at radius 2 is 1.84 bits per heavy atom. The van der Waals surface area contributed by atoms with Crippen LogP contribution in [0.3, 0.4) is 0 Å². The lowest BCUT2D eigenvalue weighted by Crippen LogP contribution is -1.99. The summed E-state index contributed by atoms with van der Waals surface area (Å²) in [5.41, 5.74) is 3.15. The van der Waals surface area contributed by atoms with Crippen molar-refractivity contribution < 1.29 is 4.52 Å². The minimum absolute atomic E-state index is 0.470. The molecular formula is C19H14ClN3OS. The summed E-state index contributed by atoms with van der Waals surface area (Å²) in [5.74, 6) is 1.18. The molecule has 1 N–H and O–H groups in total. The Bertz CT molecular complexity index is 982. The predicted octanol–water partition coefficient (Wildman–Crippen LogP) is 5.73. The smallest absolute Gasteiger partial charge is 0.246 e. The van der Waals surface area contributed by atoms with Gasteiger partial charge < -0.3 is 9.84 Å². The number of hydrogen-bond acceptors (Lipinski definition) is 5. The second-order valence-electron chi connectivity index (χ2n) is 5.43. The summed E-state index contributed by atoms with van der Waals surface area (Å²) in [6.07, 6.45) is 0. The Kier molecular flexibility index (Phi) is 4.50. The molecule has 4 rings (SSSR count). The van der Waals surface area contributed by atoms with Crippen molar-refractivity contribution in [1.82, 2.24) is 10.1 Å². The van der Waals surface area contributed by atoms with Gasteiger partial charge in [-0.15, -0.1) is 11.3 Å². The first-order chi connectivity index (χ1) is 12.3. The predicted molar refractivity (Wildman–Crippen MR) is 102 cm³/mol. The first-order valence-corrected chi connectivity index (χ1v) is 9.00. The van der Waals surface area contributed by atoms with E-state index in [1.165, 1.54) is 0 Å². The van der Waals surface area contributed by atoms with Crippen LogP contribution in [0.1, 0.15) is 5.89 Å². The summed E-state index contributed by atoms with van der Waals surface area (Å²) in [7, 11) is 0. The van der Waals surface area contributed by atoms with Gasteiger partial charge in [0.25, 0.3) is 0 Å². The number of thiophene rings is 1. The summed E-state index contributed by atoms with van der Waals surface area (Å²) in [6, 6.07) is 19.9. The fourth-order valence-corrected chi connectivity index (χ4v) is 3.33. The molecule has 2 heterocycles. The third-order valence-corrected chi connectivity index (χ3v) is 4.77. The molecule has 0 aliphatic heterocycles. The molecule has 2 aromatic heterocycles. The molecule has 6 heteroatoms. The highest BCUT2D eigenvalue weighted by Crippen LogP contribution is 2.26. The van der Waals surface area contributed by atoms with Gasteiger partial charge in [0, 0.05) is 10.7 Å². The van der Waals surface area contributed by atoms with E-state index < -0.39 is 0 Å². The number of anilines is 1. The summed E-state index contributed by atoms with van der Waals surface area (Å²) < 4.78 is 5.31. The third-order valence-electron chi connectivity index (χ3n) is 3.67. The van der Waals surface area contributed by atoms with Gasteiger partial charge in [-0.25, -0.2) is 0 Å². The van der Waals surface area contributed by atoms with Crippen molar-refractivity contribution >= 4 is 28.6 Å². The molecular weight excluding hydrogens is 354 g/mol. The van der Waals surface area contributed by atoms with Gasteiger partial charge in [-0.2, -0.15) is 4.98 Å². The Balaban J connectivity index is 1.47. The summed E-state index contributed by atoms with van der Waals surface area (Å²) in [5, 5.41) is 10.0. The molecule has 0 spiro atoms. The Morgan fingerprint density at radius 1 is 1.00 bits per heavy atom. The molecule has 0 aliphatic carbocycles. The summed E-state index contributed by atoms with van der Waals surface area (Å²) in [6.45, 7) is 0.470. The van der Waals surface area contributed by atoms with E-state index in [1.54, 1.807) is 11.3 Å². The van der Waals surface area contributed by atoms with Crippen LogP contribution in [0.4, 0.5) is 5.69 Å².